The number of amides is 1. The van der Waals surface area contributed by atoms with E-state index < -0.39 is 0 Å². The molecule has 0 aliphatic heterocycles. The van der Waals surface area contributed by atoms with E-state index in [4.69, 9.17) is 16.3 Å². The highest BCUT2D eigenvalue weighted by molar-refractivity contribution is 6.30. The third-order valence-electron chi connectivity index (χ3n) is 3.78. The van der Waals surface area contributed by atoms with E-state index in [0.717, 1.165) is 17.0 Å². The summed E-state index contributed by atoms with van der Waals surface area (Å²) < 4.78 is 6.85. The molecule has 0 saturated carbocycles. The number of methoxy groups -OCH3 is 1. The molecule has 0 radical (unpaired) electrons. The summed E-state index contributed by atoms with van der Waals surface area (Å²) in [6.45, 7) is 0.472. The van der Waals surface area contributed by atoms with E-state index in [1.165, 1.54) is 0 Å². The van der Waals surface area contributed by atoms with Crippen LogP contribution in [0.5, 0.6) is 5.75 Å². The molecule has 3 aromatic rings. The molecule has 0 unspecified atom stereocenters. The van der Waals surface area contributed by atoms with Crippen LogP contribution in [-0.4, -0.2) is 34.7 Å². The fraction of sp³-hybridized carbons (Fsp3) is 0.158. The third kappa shape index (κ3) is 4.00. The molecule has 0 bridgehead atoms. The Kier molecular flexibility index (Phi) is 5.05. The SMILES string of the molecule is COc1cccc(CN(C)C(=O)c2ccn(-c3cccc(Cl)c3)n2)c1. The Morgan fingerprint density at radius 3 is 2.76 bits per heavy atom. The number of ether oxygens (including phenoxy) is 1. The molecule has 0 saturated heterocycles. The topological polar surface area (TPSA) is 47.4 Å². The number of carbonyl (C=O) groups excluding carboxylic acids is 1. The third-order valence-corrected chi connectivity index (χ3v) is 4.02. The Morgan fingerprint density at radius 1 is 1.20 bits per heavy atom. The monoisotopic (exact) mass is 355 g/mol. The van der Waals surface area contributed by atoms with Gasteiger partial charge >= 0.3 is 0 Å². The predicted molar refractivity (Wildman–Crippen MR) is 97.4 cm³/mol. The van der Waals surface area contributed by atoms with Gasteiger partial charge in [0.1, 0.15) is 5.75 Å². The van der Waals surface area contributed by atoms with Gasteiger partial charge in [0.2, 0.25) is 0 Å². The van der Waals surface area contributed by atoms with Gasteiger partial charge in [-0.25, -0.2) is 4.68 Å². The minimum atomic E-state index is -0.149. The highest BCUT2D eigenvalue weighted by atomic mass is 35.5. The molecule has 0 aliphatic carbocycles. The normalized spacial score (nSPS) is 10.5. The van der Waals surface area contributed by atoms with Gasteiger partial charge in [0.25, 0.3) is 5.91 Å². The number of aromatic nitrogens is 2. The zero-order valence-corrected chi connectivity index (χ0v) is 14.8. The molecule has 0 atom stereocenters. The Morgan fingerprint density at radius 2 is 2.00 bits per heavy atom. The molecule has 128 valence electrons. The van der Waals surface area contributed by atoms with Gasteiger partial charge in [-0.05, 0) is 42.0 Å². The second-order valence-corrected chi connectivity index (χ2v) is 6.07. The van der Waals surface area contributed by atoms with Crippen LogP contribution in [0.1, 0.15) is 16.1 Å². The zero-order chi connectivity index (χ0) is 17.8. The largest absolute Gasteiger partial charge is 0.497 e. The summed E-state index contributed by atoms with van der Waals surface area (Å²) in [4.78, 5) is 14.2. The van der Waals surface area contributed by atoms with Crippen LogP contribution in [0.2, 0.25) is 5.02 Å². The number of rotatable bonds is 5. The van der Waals surface area contributed by atoms with E-state index in [2.05, 4.69) is 5.10 Å². The highest BCUT2D eigenvalue weighted by Gasteiger charge is 2.15. The minimum absolute atomic E-state index is 0.149. The first-order valence-corrected chi connectivity index (χ1v) is 8.14. The maximum atomic E-state index is 12.6. The van der Waals surface area contributed by atoms with E-state index in [9.17, 15) is 4.79 Å². The molecule has 0 spiro atoms. The van der Waals surface area contributed by atoms with Crippen LogP contribution < -0.4 is 4.74 Å². The van der Waals surface area contributed by atoms with Gasteiger partial charge in [0, 0.05) is 24.8 Å². The Bertz CT molecular complexity index is 892. The van der Waals surface area contributed by atoms with Crippen molar-refractivity contribution >= 4 is 17.5 Å². The van der Waals surface area contributed by atoms with Crippen molar-refractivity contribution in [3.63, 3.8) is 0 Å². The summed E-state index contributed by atoms with van der Waals surface area (Å²) in [5.41, 5.74) is 2.18. The smallest absolute Gasteiger partial charge is 0.274 e. The lowest BCUT2D eigenvalue weighted by Crippen LogP contribution is -2.26. The zero-order valence-electron chi connectivity index (χ0n) is 14.0. The lowest BCUT2D eigenvalue weighted by Gasteiger charge is -2.16. The lowest BCUT2D eigenvalue weighted by molar-refractivity contribution is 0.0778. The van der Waals surface area contributed by atoms with Crippen molar-refractivity contribution < 1.29 is 9.53 Å². The molecule has 1 heterocycles. The average molecular weight is 356 g/mol. The number of nitrogens with zero attached hydrogens (tertiary/aromatic N) is 3. The van der Waals surface area contributed by atoms with Crippen molar-refractivity contribution in [2.45, 2.75) is 6.54 Å². The van der Waals surface area contributed by atoms with Crippen LogP contribution in [0, 0.1) is 0 Å². The fourth-order valence-corrected chi connectivity index (χ4v) is 2.70. The molecule has 3 rings (SSSR count). The van der Waals surface area contributed by atoms with Gasteiger partial charge < -0.3 is 9.64 Å². The van der Waals surface area contributed by atoms with Crippen LogP contribution in [0.15, 0.2) is 60.8 Å². The Hall–Kier alpha value is -2.79. The van der Waals surface area contributed by atoms with E-state index in [-0.39, 0.29) is 5.91 Å². The second-order valence-electron chi connectivity index (χ2n) is 5.64. The Labute approximate surface area is 151 Å². The van der Waals surface area contributed by atoms with Crippen LogP contribution in [0.3, 0.4) is 0 Å². The van der Waals surface area contributed by atoms with Crippen molar-refractivity contribution in [1.29, 1.82) is 0 Å². The number of hydrogen-bond donors (Lipinski definition) is 0. The maximum Gasteiger partial charge on any atom is 0.274 e. The van der Waals surface area contributed by atoms with Crippen molar-refractivity contribution in [3.8, 4) is 11.4 Å². The molecule has 0 aliphatic rings. The molecule has 5 nitrogen and oxygen atoms in total. The van der Waals surface area contributed by atoms with Gasteiger partial charge in [-0.2, -0.15) is 5.10 Å². The molecule has 25 heavy (non-hydrogen) atoms. The molecule has 6 heteroatoms. The quantitative estimate of drug-likeness (QED) is 0.699. The van der Waals surface area contributed by atoms with Crippen LogP contribution in [-0.2, 0) is 6.54 Å². The number of carbonyl (C=O) groups is 1. The number of benzene rings is 2. The van der Waals surface area contributed by atoms with E-state index >= 15 is 0 Å². The van der Waals surface area contributed by atoms with Crippen LogP contribution >= 0.6 is 11.6 Å². The first-order chi connectivity index (χ1) is 12.1. The first-order valence-electron chi connectivity index (χ1n) is 7.77. The summed E-state index contributed by atoms with van der Waals surface area (Å²) in [6.07, 6.45) is 1.75. The van der Waals surface area contributed by atoms with Crippen molar-refractivity contribution in [3.05, 3.63) is 77.1 Å². The van der Waals surface area contributed by atoms with Gasteiger partial charge in [0.15, 0.2) is 5.69 Å². The molecular weight excluding hydrogens is 338 g/mol. The lowest BCUT2D eigenvalue weighted by atomic mass is 10.2. The first kappa shape index (κ1) is 17.0. The summed E-state index contributed by atoms with van der Waals surface area (Å²) in [6, 6.07) is 16.7. The number of halogens is 1. The Balaban J connectivity index is 1.74. The second kappa shape index (κ2) is 7.40. The standard InChI is InChI=1S/C19H18ClN3O2/c1-22(13-14-5-3-8-17(11-14)25-2)19(24)18-9-10-23(21-18)16-7-4-6-15(20)12-16/h3-12H,13H2,1-2H3. The maximum absolute atomic E-state index is 12.6. The van der Waals surface area contributed by atoms with Crippen molar-refractivity contribution in [1.82, 2.24) is 14.7 Å². The summed E-state index contributed by atoms with van der Waals surface area (Å²) in [5.74, 6) is 0.618. The summed E-state index contributed by atoms with van der Waals surface area (Å²) in [5, 5.41) is 4.98. The molecule has 0 N–H and O–H groups in total. The summed E-state index contributed by atoms with van der Waals surface area (Å²) >= 11 is 6.00. The van der Waals surface area contributed by atoms with E-state index in [0.29, 0.717) is 17.3 Å². The molecule has 1 amide bonds. The molecular formula is C19H18ClN3O2. The van der Waals surface area contributed by atoms with Gasteiger partial charge in [-0.15, -0.1) is 0 Å². The van der Waals surface area contributed by atoms with Crippen LogP contribution in [0.4, 0.5) is 0 Å². The van der Waals surface area contributed by atoms with Crippen molar-refractivity contribution in [2.24, 2.45) is 0 Å². The predicted octanol–water partition coefficient (Wildman–Crippen LogP) is 3.81. The molecule has 0 fully saturated rings. The molecule has 1 aromatic heterocycles. The van der Waals surface area contributed by atoms with E-state index in [1.54, 1.807) is 48.1 Å². The highest BCUT2D eigenvalue weighted by Crippen LogP contribution is 2.16. The van der Waals surface area contributed by atoms with Crippen LogP contribution in [0.25, 0.3) is 5.69 Å². The minimum Gasteiger partial charge on any atom is -0.497 e. The van der Waals surface area contributed by atoms with E-state index in [1.807, 2.05) is 36.4 Å². The van der Waals surface area contributed by atoms with Crippen molar-refractivity contribution in [2.75, 3.05) is 14.2 Å². The molecule has 2 aromatic carbocycles. The number of hydrogen-bond acceptors (Lipinski definition) is 3. The average Bonchev–Trinajstić information content (AvgIpc) is 3.11. The van der Waals surface area contributed by atoms with Gasteiger partial charge in [0.05, 0.1) is 12.8 Å². The summed E-state index contributed by atoms with van der Waals surface area (Å²) in [7, 11) is 3.37. The van der Waals surface area contributed by atoms with Gasteiger partial charge in [-0.3, -0.25) is 4.79 Å². The fourth-order valence-electron chi connectivity index (χ4n) is 2.51. The van der Waals surface area contributed by atoms with Gasteiger partial charge in [-0.1, -0.05) is 29.8 Å².